The lowest BCUT2D eigenvalue weighted by atomic mass is 10.1. The van der Waals surface area contributed by atoms with Gasteiger partial charge < -0.3 is 4.74 Å². The first-order valence-corrected chi connectivity index (χ1v) is 11.1. The lowest BCUT2D eigenvalue weighted by molar-refractivity contribution is -0.128. The van der Waals surface area contributed by atoms with Crippen LogP contribution in [0.15, 0.2) is 71.6 Å². The molecule has 0 spiro atoms. The first-order valence-electron chi connectivity index (χ1n) is 9.65. The van der Waals surface area contributed by atoms with Gasteiger partial charge in [0.25, 0.3) is 11.8 Å². The van der Waals surface area contributed by atoms with Crippen molar-refractivity contribution < 1.29 is 22.7 Å². The van der Waals surface area contributed by atoms with E-state index < -0.39 is 27.9 Å². The van der Waals surface area contributed by atoms with Crippen LogP contribution in [-0.4, -0.2) is 32.9 Å². The average Bonchev–Trinajstić information content (AvgIpc) is 2.77. The van der Waals surface area contributed by atoms with E-state index >= 15 is 0 Å². The third kappa shape index (κ3) is 5.59. The number of carbonyl (C=O) groups is 2. The number of hydrogen-bond acceptors (Lipinski definition) is 5. The third-order valence-electron chi connectivity index (χ3n) is 4.46. The van der Waals surface area contributed by atoms with Gasteiger partial charge in [0.15, 0.2) is 6.10 Å². The van der Waals surface area contributed by atoms with Crippen LogP contribution in [0.4, 0.5) is 0 Å². The molecule has 0 saturated carbocycles. The molecule has 3 aromatic rings. The lowest BCUT2D eigenvalue weighted by Crippen LogP contribution is -2.47. The summed E-state index contributed by atoms with van der Waals surface area (Å²) in [7, 11) is -3.60. The fraction of sp³-hybridized carbons (Fsp3) is 0.182. The molecule has 0 saturated heterocycles. The second-order valence-corrected chi connectivity index (χ2v) is 8.51. The highest BCUT2D eigenvalue weighted by molar-refractivity contribution is 7.89. The van der Waals surface area contributed by atoms with Gasteiger partial charge in [-0.05, 0) is 54.1 Å². The summed E-state index contributed by atoms with van der Waals surface area (Å²) >= 11 is 0. The largest absolute Gasteiger partial charge is 0.481 e. The number of fused-ring (bicyclic) bond motifs is 1. The number of carbonyl (C=O) groups excluding carboxylic acids is 2. The Morgan fingerprint density at radius 1 is 0.935 bits per heavy atom. The van der Waals surface area contributed by atoms with Crippen LogP contribution in [-0.2, 0) is 14.8 Å². The van der Waals surface area contributed by atoms with E-state index in [0.29, 0.717) is 5.75 Å². The van der Waals surface area contributed by atoms with Gasteiger partial charge >= 0.3 is 0 Å². The number of nitrogens with one attached hydrogen (secondary N) is 3. The summed E-state index contributed by atoms with van der Waals surface area (Å²) in [6.07, 6.45) is -0.853. The highest BCUT2D eigenvalue weighted by Gasteiger charge is 2.17. The molecule has 3 aromatic carbocycles. The zero-order valence-electron chi connectivity index (χ0n) is 17.1. The van der Waals surface area contributed by atoms with Crippen molar-refractivity contribution in [3.63, 3.8) is 0 Å². The number of rotatable bonds is 7. The van der Waals surface area contributed by atoms with Crippen molar-refractivity contribution >= 4 is 32.6 Å². The number of amides is 2. The summed E-state index contributed by atoms with van der Waals surface area (Å²) in [6, 6.07) is 18.7. The standard InChI is InChI=1S/C22H23N3O5S/c1-3-23-31(28,29)20-12-9-17(10-13-20)22(27)25-24-21(26)15(2)30-19-11-8-16-6-4-5-7-18(16)14-19/h4-15,23H,3H2,1-2H3,(H,24,26)(H,25,27). The van der Waals surface area contributed by atoms with E-state index in [1.54, 1.807) is 19.9 Å². The van der Waals surface area contributed by atoms with E-state index in [2.05, 4.69) is 15.6 Å². The molecule has 1 unspecified atom stereocenters. The second-order valence-electron chi connectivity index (χ2n) is 6.74. The summed E-state index contributed by atoms with van der Waals surface area (Å²) in [5.74, 6) is -0.586. The van der Waals surface area contributed by atoms with Gasteiger partial charge in [0.2, 0.25) is 10.0 Å². The van der Waals surface area contributed by atoms with Gasteiger partial charge in [0.1, 0.15) is 5.75 Å². The second kappa shape index (κ2) is 9.59. The fourth-order valence-corrected chi connectivity index (χ4v) is 3.89. The lowest BCUT2D eigenvalue weighted by Gasteiger charge is -2.15. The maximum absolute atomic E-state index is 12.3. The Morgan fingerprint density at radius 3 is 2.29 bits per heavy atom. The molecule has 0 aliphatic rings. The summed E-state index contributed by atoms with van der Waals surface area (Å²) in [5, 5.41) is 2.05. The molecule has 31 heavy (non-hydrogen) atoms. The topological polar surface area (TPSA) is 114 Å². The zero-order chi connectivity index (χ0) is 22.4. The van der Waals surface area contributed by atoms with Crippen LogP contribution in [0.3, 0.4) is 0 Å². The van der Waals surface area contributed by atoms with Crippen LogP contribution in [0.25, 0.3) is 10.8 Å². The fourth-order valence-electron chi connectivity index (χ4n) is 2.85. The molecule has 0 aliphatic heterocycles. The Balaban J connectivity index is 1.56. The summed E-state index contributed by atoms with van der Waals surface area (Å²) in [4.78, 5) is 24.5. The number of sulfonamides is 1. The van der Waals surface area contributed by atoms with Crippen molar-refractivity contribution in [3.8, 4) is 5.75 Å². The SMILES string of the molecule is CCNS(=O)(=O)c1ccc(C(=O)NNC(=O)C(C)Oc2ccc3ccccc3c2)cc1. The molecule has 0 aromatic heterocycles. The number of ether oxygens (including phenoxy) is 1. The molecule has 9 heteroatoms. The molecule has 0 aliphatic carbocycles. The van der Waals surface area contributed by atoms with Gasteiger partial charge in [-0.3, -0.25) is 20.4 Å². The zero-order valence-corrected chi connectivity index (χ0v) is 17.9. The normalized spacial score (nSPS) is 12.2. The predicted octanol–water partition coefficient (Wildman–Crippen LogP) is 2.37. The molecule has 3 N–H and O–H groups in total. The molecular weight excluding hydrogens is 418 g/mol. The van der Waals surface area contributed by atoms with E-state index in [4.69, 9.17) is 4.74 Å². The molecule has 0 radical (unpaired) electrons. The van der Waals surface area contributed by atoms with E-state index in [1.807, 2.05) is 36.4 Å². The Morgan fingerprint density at radius 2 is 1.61 bits per heavy atom. The smallest absolute Gasteiger partial charge is 0.279 e. The molecule has 2 amide bonds. The van der Waals surface area contributed by atoms with Crippen molar-refractivity contribution in [2.45, 2.75) is 24.8 Å². The minimum Gasteiger partial charge on any atom is -0.481 e. The van der Waals surface area contributed by atoms with Crippen LogP contribution in [0, 0.1) is 0 Å². The van der Waals surface area contributed by atoms with Gasteiger partial charge in [-0.1, -0.05) is 37.3 Å². The predicted molar refractivity (Wildman–Crippen MR) is 117 cm³/mol. The Bertz CT molecular complexity index is 1190. The minimum absolute atomic E-state index is 0.0485. The Hall–Kier alpha value is -3.43. The van der Waals surface area contributed by atoms with E-state index in [9.17, 15) is 18.0 Å². The van der Waals surface area contributed by atoms with E-state index in [0.717, 1.165) is 10.8 Å². The molecule has 0 bridgehead atoms. The molecular formula is C22H23N3O5S. The Kier molecular flexibility index (Phi) is 6.88. The quantitative estimate of drug-likeness (QED) is 0.487. The summed E-state index contributed by atoms with van der Waals surface area (Å²) < 4.78 is 31.9. The molecule has 0 heterocycles. The average molecular weight is 442 g/mol. The van der Waals surface area contributed by atoms with Gasteiger partial charge in [-0.2, -0.15) is 0 Å². The van der Waals surface area contributed by atoms with Crippen LogP contribution >= 0.6 is 0 Å². The first kappa shape index (κ1) is 22.3. The van der Waals surface area contributed by atoms with E-state index in [1.165, 1.54) is 24.3 Å². The van der Waals surface area contributed by atoms with Crippen molar-refractivity contribution in [1.29, 1.82) is 0 Å². The number of hydrogen-bond donors (Lipinski definition) is 3. The van der Waals surface area contributed by atoms with Crippen LogP contribution in [0.5, 0.6) is 5.75 Å². The van der Waals surface area contributed by atoms with Gasteiger partial charge in [0, 0.05) is 12.1 Å². The highest BCUT2D eigenvalue weighted by Crippen LogP contribution is 2.21. The van der Waals surface area contributed by atoms with Crippen molar-refractivity contribution in [1.82, 2.24) is 15.6 Å². The van der Waals surface area contributed by atoms with Gasteiger partial charge in [-0.25, -0.2) is 13.1 Å². The van der Waals surface area contributed by atoms with Crippen molar-refractivity contribution in [3.05, 3.63) is 72.3 Å². The summed E-state index contributed by atoms with van der Waals surface area (Å²) in [5.41, 5.74) is 4.80. The third-order valence-corrected chi connectivity index (χ3v) is 6.02. The van der Waals surface area contributed by atoms with Crippen molar-refractivity contribution in [2.24, 2.45) is 0 Å². The van der Waals surface area contributed by atoms with E-state index in [-0.39, 0.29) is 17.0 Å². The monoisotopic (exact) mass is 441 g/mol. The van der Waals surface area contributed by atoms with Crippen LogP contribution in [0.2, 0.25) is 0 Å². The van der Waals surface area contributed by atoms with Crippen LogP contribution in [0.1, 0.15) is 24.2 Å². The van der Waals surface area contributed by atoms with Gasteiger partial charge in [0.05, 0.1) is 4.90 Å². The molecule has 3 rings (SSSR count). The maximum Gasteiger partial charge on any atom is 0.279 e. The van der Waals surface area contributed by atoms with Crippen molar-refractivity contribution in [2.75, 3.05) is 6.54 Å². The molecule has 0 fully saturated rings. The molecule has 8 nitrogen and oxygen atoms in total. The number of hydrazine groups is 1. The van der Waals surface area contributed by atoms with Gasteiger partial charge in [-0.15, -0.1) is 0 Å². The first-order chi connectivity index (χ1) is 14.8. The summed E-state index contributed by atoms with van der Waals surface area (Å²) in [6.45, 7) is 3.50. The Labute approximate surface area is 180 Å². The maximum atomic E-state index is 12.3. The highest BCUT2D eigenvalue weighted by atomic mass is 32.2. The number of benzene rings is 3. The minimum atomic E-state index is -3.60. The molecule has 1 atom stereocenters. The molecule has 162 valence electrons. The van der Waals surface area contributed by atoms with Crippen LogP contribution < -0.4 is 20.3 Å².